The standard InChI is InChI=1S/C22H21Cl2N3O3.C2H4O2/c1-10-7-11(2)25-21(28)16(10)9-27-6-5-14-17(23)8-15(20(24)19(14)22(27)29)18-12(3)26-30-13(18)4;1-2(3)4/h7-8H,5-6,9H2,1-4H3,(H,25,28);1H3,(H,3,4). The van der Waals surface area contributed by atoms with Crippen molar-refractivity contribution in [3.63, 3.8) is 0 Å². The molecule has 8 nitrogen and oxygen atoms in total. The first-order chi connectivity index (χ1) is 15.9. The van der Waals surface area contributed by atoms with Gasteiger partial charge in [0.2, 0.25) is 0 Å². The minimum Gasteiger partial charge on any atom is -0.481 e. The highest BCUT2D eigenvalue weighted by atomic mass is 35.5. The number of aliphatic carboxylic acids is 1. The summed E-state index contributed by atoms with van der Waals surface area (Å²) in [5.74, 6) is -0.469. The summed E-state index contributed by atoms with van der Waals surface area (Å²) in [4.78, 5) is 39.3. The number of carboxylic acids is 1. The summed E-state index contributed by atoms with van der Waals surface area (Å²) < 4.78 is 5.27. The van der Waals surface area contributed by atoms with E-state index in [1.165, 1.54) is 0 Å². The average molecular weight is 506 g/mol. The second kappa shape index (κ2) is 10.0. The summed E-state index contributed by atoms with van der Waals surface area (Å²) in [5, 5.41) is 12.2. The van der Waals surface area contributed by atoms with Crippen molar-refractivity contribution in [3.8, 4) is 11.1 Å². The third-order valence-corrected chi connectivity index (χ3v) is 6.33. The van der Waals surface area contributed by atoms with Gasteiger partial charge in [-0.1, -0.05) is 28.4 Å². The Morgan fingerprint density at radius 1 is 1.18 bits per heavy atom. The average Bonchev–Trinajstić information content (AvgIpc) is 3.06. The molecule has 0 aliphatic carbocycles. The van der Waals surface area contributed by atoms with Gasteiger partial charge in [0.25, 0.3) is 17.4 Å². The van der Waals surface area contributed by atoms with Crippen LogP contribution in [0.15, 0.2) is 21.5 Å². The monoisotopic (exact) mass is 505 g/mol. The third-order valence-electron chi connectivity index (χ3n) is 5.60. The smallest absolute Gasteiger partial charge is 0.300 e. The lowest BCUT2D eigenvalue weighted by molar-refractivity contribution is -0.134. The van der Waals surface area contributed by atoms with Crippen molar-refractivity contribution in [2.24, 2.45) is 0 Å². The number of nitrogens with one attached hydrogen (secondary N) is 1. The lowest BCUT2D eigenvalue weighted by Gasteiger charge is -2.30. The van der Waals surface area contributed by atoms with E-state index in [1.54, 1.807) is 17.9 Å². The minimum absolute atomic E-state index is 0.181. The van der Waals surface area contributed by atoms with Gasteiger partial charge in [0.1, 0.15) is 5.76 Å². The zero-order chi connectivity index (χ0) is 25.3. The maximum absolute atomic E-state index is 13.4. The fourth-order valence-electron chi connectivity index (χ4n) is 4.11. The van der Waals surface area contributed by atoms with Crippen molar-refractivity contribution in [2.75, 3.05) is 6.54 Å². The first-order valence-electron chi connectivity index (χ1n) is 10.5. The first-order valence-corrected chi connectivity index (χ1v) is 11.3. The van der Waals surface area contributed by atoms with Gasteiger partial charge in [-0.15, -0.1) is 0 Å². The fourth-order valence-corrected chi connectivity index (χ4v) is 4.75. The van der Waals surface area contributed by atoms with Crippen molar-refractivity contribution < 1.29 is 19.2 Å². The van der Waals surface area contributed by atoms with Gasteiger partial charge in [-0.25, -0.2) is 0 Å². The number of aromatic amines is 1. The van der Waals surface area contributed by atoms with Crippen LogP contribution in [-0.4, -0.2) is 38.6 Å². The molecule has 0 radical (unpaired) electrons. The predicted octanol–water partition coefficient (Wildman–Crippen LogP) is 4.86. The minimum atomic E-state index is -0.833. The summed E-state index contributed by atoms with van der Waals surface area (Å²) >= 11 is 13.3. The van der Waals surface area contributed by atoms with Crippen LogP contribution in [0.1, 0.15) is 51.1 Å². The lowest BCUT2D eigenvalue weighted by Crippen LogP contribution is -2.39. The van der Waals surface area contributed by atoms with Gasteiger partial charge in [0, 0.05) is 40.9 Å². The number of benzene rings is 1. The van der Waals surface area contributed by atoms with Gasteiger partial charge in [0.15, 0.2) is 0 Å². The molecule has 180 valence electrons. The third kappa shape index (κ3) is 5.03. The van der Waals surface area contributed by atoms with Crippen LogP contribution in [0, 0.1) is 27.7 Å². The lowest BCUT2D eigenvalue weighted by atomic mass is 9.92. The molecule has 1 aromatic carbocycles. The Morgan fingerprint density at radius 2 is 1.82 bits per heavy atom. The van der Waals surface area contributed by atoms with Crippen molar-refractivity contribution in [1.82, 2.24) is 15.0 Å². The zero-order valence-electron chi connectivity index (χ0n) is 19.5. The molecule has 2 aromatic heterocycles. The van der Waals surface area contributed by atoms with Gasteiger partial charge >= 0.3 is 0 Å². The molecule has 1 aliphatic heterocycles. The fraction of sp³-hybridized carbons (Fsp3) is 0.333. The van der Waals surface area contributed by atoms with E-state index in [4.69, 9.17) is 37.6 Å². The van der Waals surface area contributed by atoms with Crippen LogP contribution < -0.4 is 5.56 Å². The molecule has 4 rings (SSSR count). The maximum atomic E-state index is 13.4. The Labute approximate surface area is 206 Å². The summed E-state index contributed by atoms with van der Waals surface area (Å²) in [5.41, 5.74) is 5.17. The molecule has 1 amide bonds. The number of hydrogen-bond acceptors (Lipinski definition) is 5. The highest BCUT2D eigenvalue weighted by Gasteiger charge is 2.32. The second-order valence-electron chi connectivity index (χ2n) is 8.21. The molecule has 0 bridgehead atoms. The number of nitrogens with zero attached hydrogens (tertiary/aromatic N) is 2. The van der Waals surface area contributed by atoms with Crippen LogP contribution in [0.5, 0.6) is 0 Å². The van der Waals surface area contributed by atoms with Gasteiger partial charge in [-0.2, -0.15) is 0 Å². The van der Waals surface area contributed by atoms with E-state index in [0.717, 1.165) is 29.3 Å². The van der Waals surface area contributed by atoms with Crippen LogP contribution in [0.4, 0.5) is 0 Å². The van der Waals surface area contributed by atoms with E-state index in [0.29, 0.717) is 51.2 Å². The Balaban J connectivity index is 0.000000751. The van der Waals surface area contributed by atoms with Crippen molar-refractivity contribution in [3.05, 3.63) is 71.9 Å². The summed E-state index contributed by atoms with van der Waals surface area (Å²) in [6.45, 7) is 9.07. The van der Waals surface area contributed by atoms with Crippen LogP contribution in [0.2, 0.25) is 10.0 Å². The molecule has 3 aromatic rings. The van der Waals surface area contributed by atoms with Crippen LogP contribution in [-0.2, 0) is 17.8 Å². The van der Waals surface area contributed by atoms with Crippen LogP contribution >= 0.6 is 23.2 Å². The number of carbonyl (C=O) groups excluding carboxylic acids is 1. The van der Waals surface area contributed by atoms with Gasteiger partial charge in [-0.3, -0.25) is 14.4 Å². The second-order valence-corrected chi connectivity index (χ2v) is 9.00. The number of amides is 1. The molecule has 0 atom stereocenters. The first kappa shape index (κ1) is 25.5. The highest BCUT2D eigenvalue weighted by molar-refractivity contribution is 6.39. The Bertz CT molecular complexity index is 1320. The quantitative estimate of drug-likeness (QED) is 0.524. The largest absolute Gasteiger partial charge is 0.481 e. The molecule has 2 N–H and O–H groups in total. The van der Waals surface area contributed by atoms with E-state index in [2.05, 4.69) is 10.1 Å². The molecule has 3 heterocycles. The normalized spacial score (nSPS) is 12.8. The van der Waals surface area contributed by atoms with Crippen molar-refractivity contribution in [2.45, 2.75) is 47.6 Å². The van der Waals surface area contributed by atoms with E-state index in [9.17, 15) is 9.59 Å². The van der Waals surface area contributed by atoms with E-state index in [1.807, 2.05) is 26.8 Å². The van der Waals surface area contributed by atoms with E-state index >= 15 is 0 Å². The summed E-state index contributed by atoms with van der Waals surface area (Å²) in [6, 6.07) is 3.67. The number of rotatable bonds is 3. The van der Waals surface area contributed by atoms with E-state index in [-0.39, 0.29) is 18.0 Å². The number of hydrogen-bond donors (Lipinski definition) is 2. The number of aromatic nitrogens is 2. The molecular weight excluding hydrogens is 481 g/mol. The Hall–Kier alpha value is -3.10. The molecule has 0 fully saturated rings. The molecule has 0 unspecified atom stereocenters. The van der Waals surface area contributed by atoms with E-state index < -0.39 is 5.97 Å². The van der Waals surface area contributed by atoms with Gasteiger partial charge in [0.05, 0.1) is 22.8 Å². The van der Waals surface area contributed by atoms with Crippen LogP contribution in [0.25, 0.3) is 11.1 Å². The molecule has 0 saturated heterocycles. The number of pyridine rings is 1. The Kier molecular flexibility index (Phi) is 7.53. The number of carbonyl (C=O) groups is 2. The summed E-state index contributed by atoms with van der Waals surface area (Å²) in [6.07, 6.45) is 0.560. The molecule has 1 aliphatic rings. The number of halogens is 2. The number of fused-ring (bicyclic) bond motifs is 1. The van der Waals surface area contributed by atoms with Crippen LogP contribution in [0.3, 0.4) is 0 Å². The van der Waals surface area contributed by atoms with Crippen molar-refractivity contribution in [1.29, 1.82) is 0 Å². The molecule has 0 saturated carbocycles. The maximum Gasteiger partial charge on any atom is 0.300 e. The summed E-state index contributed by atoms with van der Waals surface area (Å²) in [7, 11) is 0. The number of H-pyrrole nitrogens is 1. The van der Waals surface area contributed by atoms with Gasteiger partial charge < -0.3 is 19.5 Å². The number of aryl methyl sites for hydroxylation is 4. The topological polar surface area (TPSA) is 116 Å². The molecular formula is C24H25Cl2N3O5. The Morgan fingerprint density at radius 3 is 2.38 bits per heavy atom. The number of carboxylic acid groups (broad SMARTS) is 1. The molecule has 10 heteroatoms. The molecule has 0 spiro atoms. The highest BCUT2D eigenvalue weighted by Crippen LogP contribution is 2.41. The molecule has 34 heavy (non-hydrogen) atoms. The van der Waals surface area contributed by atoms with Crippen molar-refractivity contribution >= 4 is 35.1 Å². The zero-order valence-corrected chi connectivity index (χ0v) is 21.0. The van der Waals surface area contributed by atoms with Gasteiger partial charge in [-0.05, 0) is 57.4 Å². The predicted molar refractivity (Wildman–Crippen MR) is 130 cm³/mol. The SMILES string of the molecule is CC(=O)O.Cc1cc(C)c(CN2CCc3c(Cl)cc(-c4c(C)noc4C)c(Cl)c3C2=O)c(=O)[nH]1.